The zero-order chi connectivity index (χ0) is 15.9. The van der Waals surface area contributed by atoms with E-state index in [0.29, 0.717) is 0 Å². The lowest BCUT2D eigenvalue weighted by molar-refractivity contribution is 0.00392. The third kappa shape index (κ3) is 2.26. The lowest BCUT2D eigenvalue weighted by Gasteiger charge is -2.42. The fraction of sp³-hybridized carbons (Fsp3) is 0.684. The van der Waals surface area contributed by atoms with Crippen LogP contribution in [0.1, 0.15) is 51.4 Å². The van der Waals surface area contributed by atoms with E-state index in [1.54, 1.807) is 5.57 Å². The average Bonchev–Trinajstić information content (AvgIpc) is 2.93. The van der Waals surface area contributed by atoms with E-state index in [0.717, 1.165) is 32.2 Å². The van der Waals surface area contributed by atoms with Gasteiger partial charge in [-0.3, -0.25) is 5.32 Å². The molecule has 1 saturated carbocycles. The summed E-state index contributed by atoms with van der Waals surface area (Å²) in [6, 6.07) is 0. The Morgan fingerprint density at radius 3 is 3.00 bits per heavy atom. The largest absolute Gasteiger partial charge is 0.474 e. The van der Waals surface area contributed by atoms with Crippen molar-refractivity contribution in [3.63, 3.8) is 0 Å². The Kier molecular flexibility index (Phi) is 3.77. The molecular formula is C19H29N3O. The highest BCUT2D eigenvalue weighted by molar-refractivity contribution is 5.41. The van der Waals surface area contributed by atoms with E-state index < -0.39 is 0 Å². The monoisotopic (exact) mass is 315 g/mol. The molecule has 0 aromatic rings. The van der Waals surface area contributed by atoms with E-state index in [9.17, 15) is 0 Å². The van der Waals surface area contributed by atoms with Crippen molar-refractivity contribution in [1.29, 1.82) is 0 Å². The molecule has 4 nitrogen and oxygen atoms in total. The van der Waals surface area contributed by atoms with Crippen LogP contribution in [0.15, 0.2) is 35.5 Å². The molecule has 2 N–H and O–H groups in total. The average molecular weight is 315 g/mol. The molecule has 3 heterocycles. The highest BCUT2D eigenvalue weighted by Gasteiger charge is 2.57. The van der Waals surface area contributed by atoms with Crippen LogP contribution in [-0.2, 0) is 4.74 Å². The molecule has 0 aromatic heterocycles. The first-order valence-electron chi connectivity index (χ1n) is 9.15. The van der Waals surface area contributed by atoms with Gasteiger partial charge in [-0.15, -0.1) is 0 Å². The Morgan fingerprint density at radius 2 is 2.17 bits per heavy atom. The van der Waals surface area contributed by atoms with Gasteiger partial charge in [-0.1, -0.05) is 12.5 Å². The van der Waals surface area contributed by atoms with Crippen LogP contribution in [0, 0.1) is 5.41 Å². The van der Waals surface area contributed by atoms with Gasteiger partial charge >= 0.3 is 0 Å². The smallest absolute Gasteiger partial charge is 0.162 e. The Bertz CT molecular complexity index is 579. The van der Waals surface area contributed by atoms with Crippen LogP contribution in [0.3, 0.4) is 0 Å². The first-order valence-corrected chi connectivity index (χ1v) is 9.15. The van der Waals surface area contributed by atoms with Gasteiger partial charge in [0.25, 0.3) is 0 Å². The van der Waals surface area contributed by atoms with Crippen molar-refractivity contribution in [2.75, 3.05) is 20.6 Å². The third-order valence-corrected chi connectivity index (χ3v) is 6.15. The van der Waals surface area contributed by atoms with Gasteiger partial charge in [-0.2, -0.15) is 0 Å². The second-order valence-electron chi connectivity index (χ2n) is 7.43. The zero-order valence-corrected chi connectivity index (χ0v) is 14.5. The van der Waals surface area contributed by atoms with Gasteiger partial charge in [0.2, 0.25) is 0 Å². The van der Waals surface area contributed by atoms with Crippen molar-refractivity contribution in [3.8, 4) is 0 Å². The SMILES string of the molecule is CNCCC1(NC)CC23CCCCC2=CN2C=CCCC2=C3O1. The van der Waals surface area contributed by atoms with E-state index in [1.165, 1.54) is 37.1 Å². The molecule has 2 unspecified atom stereocenters. The summed E-state index contributed by atoms with van der Waals surface area (Å²) in [5.74, 6) is 1.28. The molecular weight excluding hydrogens is 286 g/mol. The molecule has 0 aromatic carbocycles. The predicted molar refractivity (Wildman–Crippen MR) is 92.3 cm³/mol. The minimum atomic E-state index is -0.223. The summed E-state index contributed by atoms with van der Waals surface area (Å²) >= 11 is 0. The molecule has 1 saturated heterocycles. The van der Waals surface area contributed by atoms with Crippen LogP contribution >= 0.6 is 0 Å². The molecule has 2 fully saturated rings. The van der Waals surface area contributed by atoms with Crippen molar-refractivity contribution in [2.45, 2.75) is 57.1 Å². The number of nitrogens with one attached hydrogen (secondary N) is 2. The lowest BCUT2D eigenvalue weighted by Crippen LogP contribution is -2.45. The van der Waals surface area contributed by atoms with Crippen molar-refractivity contribution < 1.29 is 4.74 Å². The fourth-order valence-corrected chi connectivity index (χ4v) is 4.90. The normalized spacial score (nSPS) is 35.4. The van der Waals surface area contributed by atoms with Crippen LogP contribution in [-0.4, -0.2) is 31.3 Å². The number of ether oxygens (including phenoxy) is 1. The van der Waals surface area contributed by atoms with Crippen molar-refractivity contribution in [3.05, 3.63) is 35.5 Å². The first-order chi connectivity index (χ1) is 11.2. The molecule has 1 aliphatic carbocycles. The Morgan fingerprint density at radius 1 is 1.26 bits per heavy atom. The zero-order valence-electron chi connectivity index (χ0n) is 14.5. The Balaban J connectivity index is 1.78. The van der Waals surface area contributed by atoms with Gasteiger partial charge in [0.15, 0.2) is 5.72 Å². The van der Waals surface area contributed by atoms with Gasteiger partial charge in [0.1, 0.15) is 5.76 Å². The summed E-state index contributed by atoms with van der Waals surface area (Å²) < 4.78 is 6.75. The minimum absolute atomic E-state index is 0.159. The molecule has 1 spiro atoms. The maximum Gasteiger partial charge on any atom is 0.162 e. The first kappa shape index (κ1) is 15.3. The van der Waals surface area contributed by atoms with Crippen molar-refractivity contribution >= 4 is 0 Å². The molecule has 0 radical (unpaired) electrons. The Hall–Kier alpha value is -1.26. The Labute approximate surface area is 139 Å². The molecule has 0 bridgehead atoms. The summed E-state index contributed by atoms with van der Waals surface area (Å²) in [7, 11) is 4.07. The van der Waals surface area contributed by atoms with E-state index >= 15 is 0 Å². The van der Waals surface area contributed by atoms with Crippen molar-refractivity contribution in [1.82, 2.24) is 15.5 Å². The topological polar surface area (TPSA) is 36.5 Å². The van der Waals surface area contributed by atoms with Gasteiger partial charge in [0, 0.05) is 25.2 Å². The number of allylic oxidation sites excluding steroid dienone is 3. The molecule has 23 heavy (non-hydrogen) atoms. The van der Waals surface area contributed by atoms with E-state index in [-0.39, 0.29) is 11.1 Å². The van der Waals surface area contributed by atoms with Gasteiger partial charge in [-0.05, 0) is 58.3 Å². The summed E-state index contributed by atoms with van der Waals surface area (Å²) in [6.45, 7) is 0.974. The number of rotatable bonds is 4. The summed E-state index contributed by atoms with van der Waals surface area (Å²) in [5, 5.41) is 6.82. The molecule has 3 aliphatic heterocycles. The molecule has 4 aliphatic rings. The minimum Gasteiger partial charge on any atom is -0.474 e. The van der Waals surface area contributed by atoms with Gasteiger partial charge < -0.3 is 15.0 Å². The quantitative estimate of drug-likeness (QED) is 0.835. The summed E-state index contributed by atoms with van der Waals surface area (Å²) in [5.41, 5.74) is 2.93. The molecule has 2 atom stereocenters. The molecule has 126 valence electrons. The van der Waals surface area contributed by atoms with E-state index in [4.69, 9.17) is 4.74 Å². The predicted octanol–water partition coefficient (Wildman–Crippen LogP) is 3.21. The van der Waals surface area contributed by atoms with Crippen LogP contribution in [0.25, 0.3) is 0 Å². The second kappa shape index (κ2) is 5.67. The number of nitrogens with zero attached hydrogens (tertiary/aromatic N) is 1. The molecule has 0 amide bonds. The third-order valence-electron chi connectivity index (χ3n) is 6.15. The van der Waals surface area contributed by atoms with Crippen LogP contribution in [0.2, 0.25) is 0 Å². The van der Waals surface area contributed by atoms with Gasteiger partial charge in [0.05, 0.1) is 11.1 Å². The van der Waals surface area contributed by atoms with Crippen LogP contribution in [0.5, 0.6) is 0 Å². The van der Waals surface area contributed by atoms with Crippen LogP contribution < -0.4 is 10.6 Å². The highest BCUT2D eigenvalue weighted by atomic mass is 16.5. The standard InChI is InChI=1S/C19H29N3O/c1-20-11-10-19(21-2)14-18-9-5-3-7-15(18)13-22-12-6-4-8-16(22)17(18)23-19/h6,12-13,20-21H,3-5,7-11,14H2,1-2H3. The molecule has 4 rings (SSSR count). The maximum absolute atomic E-state index is 6.75. The van der Waals surface area contributed by atoms with E-state index in [1.807, 2.05) is 7.05 Å². The van der Waals surface area contributed by atoms with Crippen LogP contribution in [0.4, 0.5) is 0 Å². The van der Waals surface area contributed by atoms with Crippen molar-refractivity contribution in [2.24, 2.45) is 5.41 Å². The lowest BCUT2D eigenvalue weighted by atomic mass is 9.65. The summed E-state index contributed by atoms with van der Waals surface area (Å²) in [4.78, 5) is 2.33. The number of fused-ring (bicyclic) bond motifs is 1. The summed E-state index contributed by atoms with van der Waals surface area (Å²) in [6.07, 6.45) is 16.3. The van der Waals surface area contributed by atoms with Gasteiger partial charge in [-0.25, -0.2) is 0 Å². The number of hydrogen-bond donors (Lipinski definition) is 2. The maximum atomic E-state index is 6.75. The highest BCUT2D eigenvalue weighted by Crippen LogP contribution is 2.61. The fourth-order valence-electron chi connectivity index (χ4n) is 4.90. The second-order valence-corrected chi connectivity index (χ2v) is 7.43. The number of hydrogen-bond acceptors (Lipinski definition) is 4. The molecule has 4 heteroatoms. The van der Waals surface area contributed by atoms with E-state index in [2.05, 4.69) is 41.1 Å².